The molecule has 1 aliphatic heterocycles. The van der Waals surface area contributed by atoms with Crippen LogP contribution in [-0.4, -0.2) is 55.8 Å². The van der Waals surface area contributed by atoms with Crippen LogP contribution in [0.25, 0.3) is 0 Å². The van der Waals surface area contributed by atoms with E-state index in [0.29, 0.717) is 37.0 Å². The highest BCUT2D eigenvalue weighted by molar-refractivity contribution is 7.89. The van der Waals surface area contributed by atoms with Gasteiger partial charge in [-0.3, -0.25) is 9.69 Å². The zero-order valence-corrected chi connectivity index (χ0v) is 14.7. The lowest BCUT2D eigenvalue weighted by molar-refractivity contribution is -0.123. The van der Waals surface area contributed by atoms with Gasteiger partial charge < -0.3 is 5.73 Å². The number of hydrogen-bond acceptors (Lipinski definition) is 4. The van der Waals surface area contributed by atoms with E-state index < -0.39 is 10.0 Å². The molecule has 1 aromatic rings. The molecule has 1 aliphatic rings. The number of primary amides is 1. The van der Waals surface area contributed by atoms with Crippen molar-refractivity contribution in [1.29, 1.82) is 0 Å². The molecule has 23 heavy (non-hydrogen) atoms. The molecule has 0 bridgehead atoms. The van der Waals surface area contributed by atoms with Crippen molar-refractivity contribution >= 4 is 15.9 Å². The molecule has 1 aromatic carbocycles. The van der Waals surface area contributed by atoms with Crippen molar-refractivity contribution < 1.29 is 13.2 Å². The molecule has 128 valence electrons. The summed E-state index contributed by atoms with van der Waals surface area (Å²) >= 11 is 0. The number of carbonyl (C=O) groups excluding carboxylic acids is 1. The molecule has 1 heterocycles. The van der Waals surface area contributed by atoms with Gasteiger partial charge in [0.2, 0.25) is 15.9 Å². The monoisotopic (exact) mass is 339 g/mol. The predicted molar refractivity (Wildman–Crippen MR) is 89.5 cm³/mol. The summed E-state index contributed by atoms with van der Waals surface area (Å²) in [5, 5.41) is 0. The van der Waals surface area contributed by atoms with E-state index in [-0.39, 0.29) is 11.9 Å². The number of hydrogen-bond donors (Lipinski definition) is 1. The van der Waals surface area contributed by atoms with Crippen LogP contribution in [-0.2, 0) is 14.8 Å². The number of benzene rings is 1. The standard InChI is InChI=1S/C16H25N3O3S/c1-12(2)14-4-6-15(7-5-14)23(21,22)19-10-8-18(9-11-19)13(3)16(17)20/h4-7,12-13H,8-11H2,1-3H3,(H2,17,20)/t13-/m1/s1. The number of rotatable bonds is 5. The van der Waals surface area contributed by atoms with E-state index in [1.165, 1.54) is 4.31 Å². The van der Waals surface area contributed by atoms with Gasteiger partial charge in [-0.2, -0.15) is 4.31 Å². The molecule has 2 N–H and O–H groups in total. The normalized spacial score (nSPS) is 19.0. The van der Waals surface area contributed by atoms with Crippen LogP contribution in [0, 0.1) is 0 Å². The third-order valence-electron chi connectivity index (χ3n) is 4.42. The van der Waals surface area contributed by atoms with Crippen molar-refractivity contribution in [3.05, 3.63) is 29.8 Å². The number of nitrogens with two attached hydrogens (primary N) is 1. The second kappa shape index (κ2) is 6.98. The van der Waals surface area contributed by atoms with E-state index in [9.17, 15) is 13.2 Å². The van der Waals surface area contributed by atoms with Crippen LogP contribution in [0.1, 0.15) is 32.3 Å². The highest BCUT2D eigenvalue weighted by atomic mass is 32.2. The molecule has 1 atom stereocenters. The van der Waals surface area contributed by atoms with Crippen molar-refractivity contribution in [2.24, 2.45) is 5.73 Å². The van der Waals surface area contributed by atoms with E-state index >= 15 is 0 Å². The summed E-state index contributed by atoms with van der Waals surface area (Å²) in [6.45, 7) is 7.64. The Kier molecular flexibility index (Phi) is 5.44. The Hall–Kier alpha value is -1.44. The molecular weight excluding hydrogens is 314 g/mol. The Morgan fingerprint density at radius 3 is 2.00 bits per heavy atom. The van der Waals surface area contributed by atoms with Gasteiger partial charge in [-0.1, -0.05) is 26.0 Å². The lowest BCUT2D eigenvalue weighted by atomic mass is 10.0. The number of amides is 1. The molecule has 0 aliphatic carbocycles. The van der Waals surface area contributed by atoms with Crippen LogP contribution in [0.4, 0.5) is 0 Å². The molecule has 1 fully saturated rings. The second-order valence-electron chi connectivity index (χ2n) is 6.24. The fraction of sp³-hybridized carbons (Fsp3) is 0.562. The van der Waals surface area contributed by atoms with Gasteiger partial charge in [-0.25, -0.2) is 8.42 Å². The topological polar surface area (TPSA) is 83.7 Å². The Morgan fingerprint density at radius 2 is 1.57 bits per heavy atom. The van der Waals surface area contributed by atoms with Gasteiger partial charge >= 0.3 is 0 Å². The predicted octanol–water partition coefficient (Wildman–Crippen LogP) is 0.990. The van der Waals surface area contributed by atoms with Crippen molar-refractivity contribution in [2.75, 3.05) is 26.2 Å². The summed E-state index contributed by atoms with van der Waals surface area (Å²) < 4.78 is 26.9. The maximum absolute atomic E-state index is 12.7. The van der Waals surface area contributed by atoms with Crippen molar-refractivity contribution in [2.45, 2.75) is 37.6 Å². The van der Waals surface area contributed by atoms with Crippen LogP contribution < -0.4 is 5.73 Å². The second-order valence-corrected chi connectivity index (χ2v) is 8.18. The molecule has 6 nitrogen and oxygen atoms in total. The Labute approximate surface area is 138 Å². The molecule has 2 rings (SSSR count). The van der Waals surface area contributed by atoms with Crippen molar-refractivity contribution in [3.8, 4) is 0 Å². The summed E-state index contributed by atoms with van der Waals surface area (Å²) in [4.78, 5) is 13.5. The van der Waals surface area contributed by atoms with Crippen molar-refractivity contribution in [3.63, 3.8) is 0 Å². The lowest BCUT2D eigenvalue weighted by Crippen LogP contribution is -2.54. The van der Waals surface area contributed by atoms with Crippen LogP contribution in [0.15, 0.2) is 29.2 Å². The smallest absolute Gasteiger partial charge is 0.243 e. The van der Waals surface area contributed by atoms with E-state index in [1.807, 2.05) is 17.0 Å². The highest BCUT2D eigenvalue weighted by Crippen LogP contribution is 2.21. The summed E-state index contributed by atoms with van der Waals surface area (Å²) in [6, 6.07) is 6.70. The Balaban J connectivity index is 2.08. The van der Waals surface area contributed by atoms with Crippen LogP contribution >= 0.6 is 0 Å². The van der Waals surface area contributed by atoms with E-state index in [1.54, 1.807) is 19.1 Å². The first kappa shape index (κ1) is 17.9. The summed E-state index contributed by atoms with van der Waals surface area (Å²) in [6.07, 6.45) is 0. The van der Waals surface area contributed by atoms with Crippen LogP contribution in [0.2, 0.25) is 0 Å². The van der Waals surface area contributed by atoms with Crippen molar-refractivity contribution in [1.82, 2.24) is 9.21 Å². The van der Waals surface area contributed by atoms with Gasteiger partial charge in [0, 0.05) is 26.2 Å². The Morgan fingerprint density at radius 1 is 1.04 bits per heavy atom. The van der Waals surface area contributed by atoms with E-state index in [0.717, 1.165) is 5.56 Å². The quantitative estimate of drug-likeness (QED) is 0.867. The van der Waals surface area contributed by atoms with Gasteiger partial charge in [0.15, 0.2) is 0 Å². The molecule has 0 radical (unpaired) electrons. The van der Waals surface area contributed by atoms with E-state index in [2.05, 4.69) is 13.8 Å². The van der Waals surface area contributed by atoms with Gasteiger partial charge in [-0.15, -0.1) is 0 Å². The third kappa shape index (κ3) is 3.91. The SMILES string of the molecule is CC(C)c1ccc(S(=O)(=O)N2CCN([C@H](C)C(N)=O)CC2)cc1. The zero-order valence-electron chi connectivity index (χ0n) is 13.9. The van der Waals surface area contributed by atoms with Gasteiger partial charge in [0.05, 0.1) is 10.9 Å². The fourth-order valence-corrected chi connectivity index (χ4v) is 4.11. The summed E-state index contributed by atoms with van der Waals surface area (Å²) in [5.41, 5.74) is 6.42. The highest BCUT2D eigenvalue weighted by Gasteiger charge is 2.31. The third-order valence-corrected chi connectivity index (χ3v) is 6.33. The summed E-state index contributed by atoms with van der Waals surface area (Å²) in [5.74, 6) is -0.0174. The minimum absolute atomic E-state index is 0.318. The van der Waals surface area contributed by atoms with Crippen LogP contribution in [0.3, 0.4) is 0 Å². The first-order valence-corrected chi connectivity index (χ1v) is 9.31. The molecule has 1 amide bonds. The molecule has 0 aromatic heterocycles. The average Bonchev–Trinajstić information content (AvgIpc) is 2.54. The molecule has 0 unspecified atom stereocenters. The Bertz CT molecular complexity index is 648. The lowest BCUT2D eigenvalue weighted by Gasteiger charge is -2.36. The molecule has 0 saturated carbocycles. The molecule has 0 spiro atoms. The minimum Gasteiger partial charge on any atom is -0.368 e. The zero-order chi connectivity index (χ0) is 17.2. The fourth-order valence-electron chi connectivity index (χ4n) is 2.68. The number of piperazine rings is 1. The van der Waals surface area contributed by atoms with Gasteiger partial charge in [0.1, 0.15) is 0 Å². The number of carbonyl (C=O) groups is 1. The van der Waals surface area contributed by atoms with Crippen LogP contribution in [0.5, 0.6) is 0 Å². The van der Waals surface area contributed by atoms with Gasteiger partial charge in [0.25, 0.3) is 0 Å². The minimum atomic E-state index is -3.48. The first-order valence-electron chi connectivity index (χ1n) is 7.87. The largest absolute Gasteiger partial charge is 0.368 e. The molecule has 1 saturated heterocycles. The maximum atomic E-state index is 12.7. The maximum Gasteiger partial charge on any atom is 0.243 e. The first-order chi connectivity index (χ1) is 10.7. The molecule has 7 heteroatoms. The van der Waals surface area contributed by atoms with E-state index in [4.69, 9.17) is 5.73 Å². The molecular formula is C16H25N3O3S. The number of sulfonamides is 1. The number of nitrogens with zero attached hydrogens (tertiary/aromatic N) is 2. The average molecular weight is 339 g/mol. The summed E-state index contributed by atoms with van der Waals surface area (Å²) in [7, 11) is -3.48. The van der Waals surface area contributed by atoms with Gasteiger partial charge in [-0.05, 0) is 30.5 Å².